The first-order valence-electron chi connectivity index (χ1n) is 11.2. The molecule has 1 heterocycles. The third kappa shape index (κ3) is 7.21. The van der Waals surface area contributed by atoms with Gasteiger partial charge in [0, 0.05) is 5.02 Å². The molecule has 208 valence electrons. The van der Waals surface area contributed by atoms with Crippen molar-refractivity contribution in [1.29, 1.82) is 0 Å². The van der Waals surface area contributed by atoms with E-state index in [2.05, 4.69) is 20.8 Å². The highest BCUT2D eigenvalue weighted by Crippen LogP contribution is 2.35. The van der Waals surface area contributed by atoms with Gasteiger partial charge in [0.15, 0.2) is 11.0 Å². The van der Waals surface area contributed by atoms with Crippen molar-refractivity contribution in [3.8, 4) is 5.69 Å². The van der Waals surface area contributed by atoms with Crippen molar-refractivity contribution >= 4 is 75.7 Å². The summed E-state index contributed by atoms with van der Waals surface area (Å²) in [5.41, 5.74) is -0.713. The fourth-order valence-corrected chi connectivity index (χ4v) is 4.91. The zero-order valence-corrected chi connectivity index (χ0v) is 23.7. The fraction of sp³-hybridized carbons (Fsp3) is 0.120. The Morgan fingerprint density at radius 1 is 0.900 bits per heavy atom. The number of rotatable bonds is 8. The molecule has 40 heavy (non-hydrogen) atoms. The van der Waals surface area contributed by atoms with Gasteiger partial charge < -0.3 is 10.6 Å². The van der Waals surface area contributed by atoms with Crippen molar-refractivity contribution in [1.82, 2.24) is 20.1 Å². The Bertz CT molecular complexity index is 1580. The second-order valence-corrected chi connectivity index (χ2v) is 10.6. The summed E-state index contributed by atoms with van der Waals surface area (Å²) in [7, 11) is 0. The molecule has 0 saturated heterocycles. The van der Waals surface area contributed by atoms with Gasteiger partial charge in [-0.05, 0) is 48.5 Å². The number of hydrogen-bond donors (Lipinski definition) is 2. The number of aromatic nitrogens is 3. The van der Waals surface area contributed by atoms with Crippen molar-refractivity contribution in [2.75, 3.05) is 11.1 Å². The van der Waals surface area contributed by atoms with Gasteiger partial charge in [-0.1, -0.05) is 70.3 Å². The van der Waals surface area contributed by atoms with E-state index < -0.39 is 23.6 Å². The lowest BCUT2D eigenvalue weighted by atomic mass is 10.1. The Balaban J connectivity index is 1.56. The van der Waals surface area contributed by atoms with Crippen LogP contribution in [0.4, 0.5) is 18.9 Å². The molecule has 4 rings (SSSR count). The number of nitrogens with zero attached hydrogens (tertiary/aromatic N) is 3. The maximum atomic E-state index is 13.3. The van der Waals surface area contributed by atoms with Gasteiger partial charge in [-0.15, -0.1) is 10.2 Å². The smallest absolute Gasteiger partial charge is 0.345 e. The van der Waals surface area contributed by atoms with E-state index in [1.807, 2.05) is 0 Å². The van der Waals surface area contributed by atoms with E-state index in [1.54, 1.807) is 18.2 Å². The van der Waals surface area contributed by atoms with Gasteiger partial charge in [0.05, 0.1) is 49.9 Å². The SMILES string of the molecule is O=C(CSc1nnc(CNC(=O)c2cc(Cl)ccc2Cl)n1-c1ccc(Cl)c(Cl)c1)Nc1ccccc1C(F)(F)F. The normalized spacial score (nSPS) is 11.4. The zero-order valence-electron chi connectivity index (χ0n) is 19.9. The topological polar surface area (TPSA) is 88.9 Å². The lowest BCUT2D eigenvalue weighted by Crippen LogP contribution is -2.25. The minimum Gasteiger partial charge on any atom is -0.345 e. The average Bonchev–Trinajstić information content (AvgIpc) is 3.31. The predicted molar refractivity (Wildman–Crippen MR) is 150 cm³/mol. The number of carbonyl (C=O) groups is 2. The van der Waals surface area contributed by atoms with Crippen molar-refractivity contribution in [3.63, 3.8) is 0 Å². The molecule has 0 saturated carbocycles. The summed E-state index contributed by atoms with van der Waals surface area (Å²) in [4.78, 5) is 25.3. The number of anilines is 1. The van der Waals surface area contributed by atoms with E-state index in [0.717, 1.165) is 23.9 Å². The van der Waals surface area contributed by atoms with E-state index in [-0.39, 0.29) is 44.6 Å². The summed E-state index contributed by atoms with van der Waals surface area (Å²) in [5, 5.41) is 14.4. The van der Waals surface area contributed by atoms with Crippen LogP contribution >= 0.6 is 58.2 Å². The third-order valence-electron chi connectivity index (χ3n) is 5.28. The second-order valence-electron chi connectivity index (χ2n) is 8.02. The number of para-hydroxylation sites is 1. The third-order valence-corrected chi connectivity index (χ3v) is 7.51. The fourth-order valence-electron chi connectivity index (χ4n) is 3.47. The van der Waals surface area contributed by atoms with E-state index in [9.17, 15) is 22.8 Å². The minimum atomic E-state index is -4.64. The zero-order chi connectivity index (χ0) is 29.0. The summed E-state index contributed by atoms with van der Waals surface area (Å²) >= 11 is 25.3. The molecule has 15 heteroatoms. The summed E-state index contributed by atoms with van der Waals surface area (Å²) < 4.78 is 41.4. The molecule has 0 aliphatic heterocycles. The van der Waals surface area contributed by atoms with Crippen LogP contribution in [0.5, 0.6) is 0 Å². The van der Waals surface area contributed by atoms with Crippen LogP contribution in [0.15, 0.2) is 65.8 Å². The van der Waals surface area contributed by atoms with Gasteiger partial charge in [-0.25, -0.2) is 0 Å². The molecule has 4 aromatic rings. The summed E-state index contributed by atoms with van der Waals surface area (Å²) in [5.74, 6) is -1.25. The molecule has 2 amide bonds. The molecule has 0 fully saturated rings. The Kier molecular flexibility index (Phi) is 9.52. The molecular weight excluding hydrogens is 633 g/mol. The molecular formula is C25H16Cl4F3N5O2S. The highest BCUT2D eigenvalue weighted by molar-refractivity contribution is 7.99. The Labute approximate surface area is 250 Å². The number of hydrogen-bond acceptors (Lipinski definition) is 5. The lowest BCUT2D eigenvalue weighted by Gasteiger charge is -2.14. The molecule has 0 radical (unpaired) electrons. The van der Waals surface area contributed by atoms with Gasteiger partial charge >= 0.3 is 6.18 Å². The maximum absolute atomic E-state index is 13.3. The number of halogens is 7. The molecule has 2 N–H and O–H groups in total. The van der Waals surface area contributed by atoms with E-state index in [0.29, 0.717) is 15.7 Å². The van der Waals surface area contributed by atoms with E-state index >= 15 is 0 Å². The number of alkyl halides is 3. The van der Waals surface area contributed by atoms with Gasteiger partial charge in [-0.2, -0.15) is 13.2 Å². The monoisotopic (exact) mass is 647 g/mol. The first kappa shape index (κ1) is 30.0. The summed E-state index contributed by atoms with van der Waals surface area (Å²) in [6, 6.07) is 13.8. The first-order chi connectivity index (χ1) is 18.9. The van der Waals surface area contributed by atoms with Crippen LogP contribution < -0.4 is 10.6 Å². The average molecular weight is 649 g/mol. The Morgan fingerprint density at radius 3 is 2.35 bits per heavy atom. The molecule has 0 spiro atoms. The molecule has 0 atom stereocenters. The first-order valence-corrected chi connectivity index (χ1v) is 13.7. The van der Waals surface area contributed by atoms with Crippen molar-refractivity contribution in [2.45, 2.75) is 17.9 Å². The highest BCUT2D eigenvalue weighted by Gasteiger charge is 2.33. The van der Waals surface area contributed by atoms with Gasteiger partial charge in [0.25, 0.3) is 5.91 Å². The molecule has 1 aromatic heterocycles. The van der Waals surface area contributed by atoms with E-state index in [1.165, 1.54) is 34.9 Å². The van der Waals surface area contributed by atoms with Gasteiger partial charge in [-0.3, -0.25) is 14.2 Å². The maximum Gasteiger partial charge on any atom is 0.418 e. The van der Waals surface area contributed by atoms with Crippen molar-refractivity contribution in [3.05, 3.63) is 97.7 Å². The number of carbonyl (C=O) groups excluding carboxylic acids is 2. The predicted octanol–water partition coefficient (Wildman–Crippen LogP) is 7.56. The Morgan fingerprint density at radius 2 is 1.62 bits per heavy atom. The molecule has 0 aliphatic carbocycles. The summed E-state index contributed by atoms with van der Waals surface area (Å²) in [6.45, 7) is -0.110. The van der Waals surface area contributed by atoms with Crippen LogP contribution in [0.2, 0.25) is 20.1 Å². The van der Waals surface area contributed by atoms with E-state index in [4.69, 9.17) is 46.4 Å². The number of benzene rings is 3. The standard InChI is InChI=1S/C25H16Cl4F3N5O2S/c26-13-5-7-17(27)15(9-13)23(39)33-11-21-35-36-24(37(21)14-6-8-18(28)19(29)10-14)40-12-22(38)34-20-4-2-1-3-16(20)25(30,31)32/h1-10H,11-12H2,(H,33,39)(H,34,38). The Hall–Kier alpha value is -2.96. The minimum absolute atomic E-state index is 0.110. The van der Waals surface area contributed by atoms with Gasteiger partial charge in [0.1, 0.15) is 0 Å². The van der Waals surface area contributed by atoms with Crippen LogP contribution in [-0.2, 0) is 17.5 Å². The largest absolute Gasteiger partial charge is 0.418 e. The molecule has 0 unspecified atom stereocenters. The van der Waals surface area contributed by atoms with Crippen molar-refractivity contribution in [2.24, 2.45) is 0 Å². The highest BCUT2D eigenvalue weighted by atomic mass is 35.5. The number of nitrogens with one attached hydrogen (secondary N) is 2. The van der Waals surface area contributed by atoms with Crippen LogP contribution in [0.1, 0.15) is 21.7 Å². The van der Waals surface area contributed by atoms with Crippen LogP contribution in [0, 0.1) is 0 Å². The lowest BCUT2D eigenvalue weighted by molar-refractivity contribution is -0.137. The molecule has 3 aromatic carbocycles. The quantitative estimate of drug-likeness (QED) is 0.193. The van der Waals surface area contributed by atoms with Gasteiger partial charge in [0.2, 0.25) is 5.91 Å². The molecule has 0 aliphatic rings. The van der Waals surface area contributed by atoms with Crippen molar-refractivity contribution < 1.29 is 22.8 Å². The number of amides is 2. The van der Waals surface area contributed by atoms with Crippen LogP contribution in [0.25, 0.3) is 5.69 Å². The second kappa shape index (κ2) is 12.7. The molecule has 0 bridgehead atoms. The number of thioether (sulfide) groups is 1. The van der Waals surface area contributed by atoms with Crippen LogP contribution in [-0.4, -0.2) is 32.3 Å². The summed E-state index contributed by atoms with van der Waals surface area (Å²) in [6.07, 6.45) is -4.64. The van der Waals surface area contributed by atoms with Crippen LogP contribution in [0.3, 0.4) is 0 Å². The molecule has 7 nitrogen and oxygen atoms in total.